The summed E-state index contributed by atoms with van der Waals surface area (Å²) >= 11 is 0. The van der Waals surface area contributed by atoms with Crippen molar-refractivity contribution in [3.05, 3.63) is 59.2 Å². The second-order valence-electron chi connectivity index (χ2n) is 4.50. The van der Waals surface area contributed by atoms with Gasteiger partial charge in [-0.3, -0.25) is 0 Å². The highest BCUT2D eigenvalue weighted by molar-refractivity contribution is 5.42. The topological polar surface area (TPSA) is 29.5 Å². The van der Waals surface area contributed by atoms with E-state index in [4.69, 9.17) is 4.74 Å². The van der Waals surface area contributed by atoms with Crippen molar-refractivity contribution in [2.45, 2.75) is 19.8 Å². The second-order valence-corrected chi connectivity index (χ2v) is 4.50. The highest BCUT2D eigenvalue weighted by Crippen LogP contribution is 2.26. The third-order valence-electron chi connectivity index (χ3n) is 3.03. The summed E-state index contributed by atoms with van der Waals surface area (Å²) in [5, 5.41) is 9.71. The molecule has 0 saturated carbocycles. The Bertz CT molecular complexity index is 532. The Labute approximate surface area is 108 Å². The molecule has 2 heteroatoms. The highest BCUT2D eigenvalue weighted by atomic mass is 16.5. The van der Waals surface area contributed by atoms with Gasteiger partial charge in [0.05, 0.1) is 7.11 Å². The van der Waals surface area contributed by atoms with Crippen molar-refractivity contribution in [2.24, 2.45) is 0 Å². The fourth-order valence-electron chi connectivity index (χ4n) is 2.05. The number of phenolic OH excluding ortho intramolecular Hbond substituents is 1. The molecule has 0 fully saturated rings. The Kier molecular flexibility index (Phi) is 3.88. The fourth-order valence-corrected chi connectivity index (χ4v) is 2.05. The highest BCUT2D eigenvalue weighted by Gasteiger charge is 2.03. The van der Waals surface area contributed by atoms with E-state index in [9.17, 15) is 5.11 Å². The monoisotopic (exact) mass is 242 g/mol. The lowest BCUT2D eigenvalue weighted by atomic mass is 10.0. The van der Waals surface area contributed by atoms with Gasteiger partial charge in [-0.1, -0.05) is 35.9 Å². The van der Waals surface area contributed by atoms with Crippen LogP contribution in [0.3, 0.4) is 0 Å². The number of rotatable bonds is 4. The second kappa shape index (κ2) is 5.58. The number of hydrogen-bond donors (Lipinski definition) is 1. The predicted octanol–water partition coefficient (Wildman–Crippen LogP) is 3.49. The van der Waals surface area contributed by atoms with E-state index in [2.05, 4.69) is 31.2 Å². The molecule has 0 unspecified atom stereocenters. The van der Waals surface area contributed by atoms with Crippen molar-refractivity contribution in [2.75, 3.05) is 7.11 Å². The molecule has 0 saturated heterocycles. The van der Waals surface area contributed by atoms with Gasteiger partial charge in [-0.15, -0.1) is 0 Å². The number of hydrogen-bond acceptors (Lipinski definition) is 2. The standard InChI is InChI=1S/C16H18O2/c1-12-4-3-5-13(10-12)6-7-14-8-9-16(18-2)15(17)11-14/h3-5,8-11,17H,6-7H2,1-2H3. The van der Waals surface area contributed by atoms with Crippen LogP contribution >= 0.6 is 0 Å². The first-order valence-corrected chi connectivity index (χ1v) is 6.10. The van der Waals surface area contributed by atoms with E-state index in [1.54, 1.807) is 19.2 Å². The minimum atomic E-state index is 0.208. The smallest absolute Gasteiger partial charge is 0.160 e. The average molecular weight is 242 g/mol. The van der Waals surface area contributed by atoms with E-state index < -0.39 is 0 Å². The fraction of sp³-hybridized carbons (Fsp3) is 0.250. The Morgan fingerprint density at radius 2 is 1.72 bits per heavy atom. The summed E-state index contributed by atoms with van der Waals surface area (Å²) in [6.07, 6.45) is 1.90. The summed E-state index contributed by atoms with van der Waals surface area (Å²) in [4.78, 5) is 0. The van der Waals surface area contributed by atoms with E-state index in [1.807, 2.05) is 6.07 Å². The molecule has 18 heavy (non-hydrogen) atoms. The third kappa shape index (κ3) is 3.04. The lowest BCUT2D eigenvalue weighted by Gasteiger charge is -2.07. The molecule has 1 N–H and O–H groups in total. The van der Waals surface area contributed by atoms with Crippen LogP contribution in [-0.4, -0.2) is 12.2 Å². The molecule has 0 aliphatic carbocycles. The van der Waals surface area contributed by atoms with Gasteiger partial charge in [0, 0.05) is 0 Å². The van der Waals surface area contributed by atoms with E-state index in [-0.39, 0.29) is 5.75 Å². The molecule has 0 aliphatic heterocycles. The zero-order chi connectivity index (χ0) is 13.0. The minimum Gasteiger partial charge on any atom is -0.504 e. The maximum atomic E-state index is 9.71. The van der Waals surface area contributed by atoms with Crippen molar-refractivity contribution in [3.63, 3.8) is 0 Å². The summed E-state index contributed by atoms with van der Waals surface area (Å²) in [6, 6.07) is 14.1. The van der Waals surface area contributed by atoms with Crippen LogP contribution in [0.1, 0.15) is 16.7 Å². The summed E-state index contributed by atoms with van der Waals surface area (Å²) in [5.74, 6) is 0.730. The molecule has 0 aliphatic rings. The first-order valence-electron chi connectivity index (χ1n) is 6.10. The lowest BCUT2D eigenvalue weighted by molar-refractivity contribution is 0.373. The maximum absolute atomic E-state index is 9.71. The molecule has 0 heterocycles. The predicted molar refractivity (Wildman–Crippen MR) is 73.2 cm³/mol. The SMILES string of the molecule is COc1ccc(CCc2cccc(C)c2)cc1O. The molecule has 2 aromatic rings. The van der Waals surface area contributed by atoms with Crippen LogP contribution in [0.15, 0.2) is 42.5 Å². The molecule has 2 rings (SSSR count). The van der Waals surface area contributed by atoms with Crippen LogP contribution in [0.2, 0.25) is 0 Å². The molecule has 0 amide bonds. The van der Waals surface area contributed by atoms with E-state index in [0.29, 0.717) is 5.75 Å². The third-order valence-corrected chi connectivity index (χ3v) is 3.03. The van der Waals surface area contributed by atoms with E-state index >= 15 is 0 Å². The van der Waals surface area contributed by atoms with Crippen molar-refractivity contribution in [1.29, 1.82) is 0 Å². The van der Waals surface area contributed by atoms with Gasteiger partial charge in [0.1, 0.15) is 0 Å². The van der Waals surface area contributed by atoms with Crippen molar-refractivity contribution in [1.82, 2.24) is 0 Å². The normalized spacial score (nSPS) is 10.3. The molecule has 0 spiro atoms. The Hall–Kier alpha value is -1.96. The molecule has 94 valence electrons. The molecular weight excluding hydrogens is 224 g/mol. The number of aryl methyl sites for hydroxylation is 3. The van der Waals surface area contributed by atoms with Gasteiger partial charge in [0.2, 0.25) is 0 Å². The Morgan fingerprint density at radius 1 is 1.00 bits per heavy atom. The van der Waals surface area contributed by atoms with Crippen molar-refractivity contribution >= 4 is 0 Å². The van der Waals surface area contributed by atoms with Crippen LogP contribution in [0.25, 0.3) is 0 Å². The molecule has 0 radical (unpaired) electrons. The maximum Gasteiger partial charge on any atom is 0.160 e. The van der Waals surface area contributed by atoms with Gasteiger partial charge in [-0.25, -0.2) is 0 Å². The Morgan fingerprint density at radius 3 is 2.33 bits per heavy atom. The largest absolute Gasteiger partial charge is 0.504 e. The van der Waals surface area contributed by atoms with E-state index in [0.717, 1.165) is 18.4 Å². The van der Waals surface area contributed by atoms with Crippen molar-refractivity contribution in [3.8, 4) is 11.5 Å². The molecule has 2 nitrogen and oxygen atoms in total. The zero-order valence-electron chi connectivity index (χ0n) is 10.8. The first kappa shape index (κ1) is 12.5. The summed E-state index contributed by atoms with van der Waals surface area (Å²) in [6.45, 7) is 2.10. The van der Waals surface area contributed by atoms with Crippen LogP contribution in [-0.2, 0) is 12.8 Å². The summed E-state index contributed by atoms with van der Waals surface area (Å²) < 4.78 is 5.03. The van der Waals surface area contributed by atoms with Crippen LogP contribution in [0, 0.1) is 6.92 Å². The number of aromatic hydroxyl groups is 1. The van der Waals surface area contributed by atoms with Gasteiger partial charge in [-0.05, 0) is 43.0 Å². The van der Waals surface area contributed by atoms with Gasteiger partial charge in [0.25, 0.3) is 0 Å². The quantitative estimate of drug-likeness (QED) is 0.889. The molecule has 0 atom stereocenters. The van der Waals surface area contributed by atoms with E-state index in [1.165, 1.54) is 11.1 Å². The lowest BCUT2D eigenvalue weighted by Crippen LogP contribution is -1.92. The first-order chi connectivity index (χ1) is 8.69. The molecule has 2 aromatic carbocycles. The average Bonchev–Trinajstić information content (AvgIpc) is 2.37. The number of methoxy groups -OCH3 is 1. The van der Waals surface area contributed by atoms with Gasteiger partial charge >= 0.3 is 0 Å². The van der Waals surface area contributed by atoms with Crippen LogP contribution in [0.5, 0.6) is 11.5 Å². The summed E-state index contributed by atoms with van der Waals surface area (Å²) in [5.41, 5.74) is 3.73. The zero-order valence-corrected chi connectivity index (χ0v) is 10.8. The van der Waals surface area contributed by atoms with Crippen LogP contribution in [0.4, 0.5) is 0 Å². The molecule has 0 bridgehead atoms. The van der Waals surface area contributed by atoms with Gasteiger partial charge < -0.3 is 9.84 Å². The molecule has 0 aromatic heterocycles. The number of ether oxygens (including phenoxy) is 1. The van der Waals surface area contributed by atoms with Gasteiger partial charge in [0.15, 0.2) is 11.5 Å². The van der Waals surface area contributed by atoms with Crippen LogP contribution < -0.4 is 4.74 Å². The number of benzene rings is 2. The molecular formula is C16H18O2. The van der Waals surface area contributed by atoms with Crippen molar-refractivity contribution < 1.29 is 9.84 Å². The van der Waals surface area contributed by atoms with Gasteiger partial charge in [-0.2, -0.15) is 0 Å². The number of phenols is 1. The summed E-state index contributed by atoms with van der Waals surface area (Å²) in [7, 11) is 1.56. The Balaban J connectivity index is 2.04. The minimum absolute atomic E-state index is 0.208.